The minimum absolute atomic E-state index is 0.0239. The largest absolute Gasteiger partial charge is 0.341 e. The summed E-state index contributed by atoms with van der Waals surface area (Å²) in [6.07, 6.45) is 9.08. The van der Waals surface area contributed by atoms with E-state index in [1.54, 1.807) is 24.0 Å². The maximum Gasteiger partial charge on any atom is 0.272 e. The van der Waals surface area contributed by atoms with Crippen LogP contribution in [0.4, 0.5) is 0 Å². The van der Waals surface area contributed by atoms with Gasteiger partial charge < -0.3 is 9.80 Å². The number of likely N-dealkylation sites (N-methyl/N-ethyl adjacent to an activating group) is 1. The maximum absolute atomic E-state index is 12.9. The number of amides is 2. The molecule has 0 aromatic carbocycles. The van der Waals surface area contributed by atoms with E-state index in [1.165, 1.54) is 19.3 Å². The third kappa shape index (κ3) is 2.96. The third-order valence-corrected chi connectivity index (χ3v) is 7.10. The number of carbonyl (C=O) groups is 2. The predicted octanol–water partition coefficient (Wildman–Crippen LogP) is 1.68. The summed E-state index contributed by atoms with van der Waals surface area (Å²) in [6.45, 7) is 2.92. The molecule has 2 aromatic heterocycles. The van der Waals surface area contributed by atoms with E-state index in [1.807, 2.05) is 27.7 Å². The van der Waals surface area contributed by atoms with Crippen molar-refractivity contribution in [3.05, 3.63) is 35.4 Å². The molecule has 8 heteroatoms. The molecule has 8 nitrogen and oxygen atoms in total. The number of rotatable bonds is 3. The molecule has 0 unspecified atom stereocenters. The van der Waals surface area contributed by atoms with Crippen LogP contribution in [0.25, 0.3) is 0 Å². The van der Waals surface area contributed by atoms with Gasteiger partial charge in [-0.3, -0.25) is 19.0 Å². The van der Waals surface area contributed by atoms with Crippen molar-refractivity contribution in [3.63, 3.8) is 0 Å². The first-order valence-corrected chi connectivity index (χ1v) is 10.6. The Hall–Kier alpha value is -2.64. The van der Waals surface area contributed by atoms with Crippen LogP contribution in [0.5, 0.6) is 0 Å². The summed E-state index contributed by atoms with van der Waals surface area (Å²) in [5, 5.41) is 9.03. The molecule has 1 aliphatic carbocycles. The molecule has 29 heavy (non-hydrogen) atoms. The van der Waals surface area contributed by atoms with Gasteiger partial charge in [0, 0.05) is 58.1 Å². The fourth-order valence-electron chi connectivity index (χ4n) is 5.09. The number of hydrogen-bond donors (Lipinski definition) is 0. The molecule has 1 spiro atoms. The molecule has 2 amide bonds. The summed E-state index contributed by atoms with van der Waals surface area (Å²) in [4.78, 5) is 29.4. The Balaban J connectivity index is 1.38. The van der Waals surface area contributed by atoms with Crippen molar-refractivity contribution in [3.8, 4) is 0 Å². The van der Waals surface area contributed by atoms with Gasteiger partial charge in [0.15, 0.2) is 0 Å². The lowest BCUT2D eigenvalue weighted by molar-refractivity contribution is 0.0537. The number of likely N-dealkylation sites (tertiary alicyclic amines) is 1. The molecule has 154 valence electrons. The maximum atomic E-state index is 12.9. The van der Waals surface area contributed by atoms with Gasteiger partial charge in [-0.25, -0.2) is 0 Å². The van der Waals surface area contributed by atoms with E-state index >= 15 is 0 Å². The number of aryl methyl sites for hydroxylation is 1. The summed E-state index contributed by atoms with van der Waals surface area (Å²) >= 11 is 0. The second kappa shape index (κ2) is 6.71. The van der Waals surface area contributed by atoms with Gasteiger partial charge >= 0.3 is 0 Å². The standard InChI is InChI=1S/C21H28N6O2/c1-24-14-21(7-10-26(11-8-21)20(29)17-6-9-22-25(17)2)18-16(19(24)28)13-27(23-18)12-15-4-3-5-15/h6,9,13,15H,3-5,7-8,10-12,14H2,1-2H3. The van der Waals surface area contributed by atoms with Gasteiger partial charge in [0.05, 0.1) is 11.3 Å². The highest BCUT2D eigenvalue weighted by Crippen LogP contribution is 2.41. The van der Waals surface area contributed by atoms with Crippen molar-refractivity contribution >= 4 is 11.8 Å². The van der Waals surface area contributed by atoms with Gasteiger partial charge in [-0.15, -0.1) is 0 Å². The smallest absolute Gasteiger partial charge is 0.272 e. The molecule has 3 aliphatic rings. The first-order chi connectivity index (χ1) is 14.0. The number of fused-ring (bicyclic) bond motifs is 2. The van der Waals surface area contributed by atoms with Gasteiger partial charge in [-0.05, 0) is 37.7 Å². The van der Waals surface area contributed by atoms with Crippen LogP contribution >= 0.6 is 0 Å². The zero-order valence-electron chi connectivity index (χ0n) is 17.2. The molecule has 2 aromatic rings. The lowest BCUT2D eigenvalue weighted by atomic mass is 9.72. The number of carbonyl (C=O) groups excluding carboxylic acids is 2. The SMILES string of the molecule is CN1CC2(CCN(C(=O)c3ccnn3C)CC2)c2nn(CC3CCC3)cc2C1=O. The summed E-state index contributed by atoms with van der Waals surface area (Å²) in [5.74, 6) is 0.785. The zero-order chi connectivity index (χ0) is 20.2. The Bertz CT molecular complexity index is 948. The number of piperidine rings is 1. The average molecular weight is 396 g/mol. The van der Waals surface area contributed by atoms with E-state index < -0.39 is 0 Å². The van der Waals surface area contributed by atoms with Crippen LogP contribution in [-0.4, -0.2) is 67.9 Å². The molecule has 2 aliphatic heterocycles. The number of hydrogen-bond acceptors (Lipinski definition) is 4. The molecule has 4 heterocycles. The van der Waals surface area contributed by atoms with E-state index in [9.17, 15) is 9.59 Å². The summed E-state index contributed by atoms with van der Waals surface area (Å²) in [7, 11) is 3.67. The third-order valence-electron chi connectivity index (χ3n) is 7.10. The Labute approximate surface area is 170 Å². The minimum atomic E-state index is -0.161. The Kier molecular flexibility index (Phi) is 4.26. The van der Waals surface area contributed by atoms with E-state index in [4.69, 9.17) is 5.10 Å². The summed E-state index contributed by atoms with van der Waals surface area (Å²) in [5.41, 5.74) is 2.16. The summed E-state index contributed by atoms with van der Waals surface area (Å²) in [6, 6.07) is 1.76. The van der Waals surface area contributed by atoms with Crippen LogP contribution in [0.1, 0.15) is 58.6 Å². The zero-order valence-corrected chi connectivity index (χ0v) is 17.2. The minimum Gasteiger partial charge on any atom is -0.341 e. The van der Waals surface area contributed by atoms with E-state index in [0.29, 0.717) is 31.2 Å². The molecule has 0 bridgehead atoms. The van der Waals surface area contributed by atoms with Crippen LogP contribution < -0.4 is 0 Å². The number of nitrogens with zero attached hydrogens (tertiary/aromatic N) is 6. The van der Waals surface area contributed by atoms with E-state index in [0.717, 1.165) is 30.6 Å². The fraction of sp³-hybridized carbons (Fsp3) is 0.619. The lowest BCUT2D eigenvalue weighted by Crippen LogP contribution is -2.54. The fourth-order valence-corrected chi connectivity index (χ4v) is 5.09. The molecule has 0 N–H and O–H groups in total. The molecule has 5 rings (SSSR count). The Morgan fingerprint density at radius 3 is 2.62 bits per heavy atom. The highest BCUT2D eigenvalue weighted by molar-refractivity contribution is 5.97. The van der Waals surface area contributed by atoms with Gasteiger partial charge in [0.2, 0.25) is 0 Å². The van der Waals surface area contributed by atoms with E-state index in [-0.39, 0.29) is 17.2 Å². The molecule has 0 atom stereocenters. The summed E-state index contributed by atoms with van der Waals surface area (Å²) < 4.78 is 3.63. The molecule has 1 saturated carbocycles. The van der Waals surface area contributed by atoms with Crippen LogP contribution in [-0.2, 0) is 19.0 Å². The van der Waals surface area contributed by atoms with Crippen LogP contribution in [0.2, 0.25) is 0 Å². The molecule has 0 radical (unpaired) electrons. The Morgan fingerprint density at radius 1 is 1.24 bits per heavy atom. The van der Waals surface area contributed by atoms with Crippen molar-refractivity contribution in [1.29, 1.82) is 0 Å². The topological polar surface area (TPSA) is 76.3 Å². The quantitative estimate of drug-likeness (QED) is 0.791. The van der Waals surface area contributed by atoms with Crippen LogP contribution in [0.15, 0.2) is 18.5 Å². The first-order valence-electron chi connectivity index (χ1n) is 10.6. The molecular weight excluding hydrogens is 368 g/mol. The van der Waals surface area contributed by atoms with Crippen molar-refractivity contribution < 1.29 is 9.59 Å². The molecule has 1 saturated heterocycles. The Morgan fingerprint density at radius 2 is 2.00 bits per heavy atom. The first kappa shape index (κ1) is 18.4. The highest BCUT2D eigenvalue weighted by atomic mass is 16.2. The van der Waals surface area contributed by atoms with Crippen molar-refractivity contribution in [2.45, 2.75) is 44.1 Å². The lowest BCUT2D eigenvalue weighted by Gasteiger charge is -2.45. The second-order valence-corrected chi connectivity index (χ2v) is 8.98. The average Bonchev–Trinajstić information content (AvgIpc) is 3.30. The predicted molar refractivity (Wildman–Crippen MR) is 107 cm³/mol. The van der Waals surface area contributed by atoms with Crippen molar-refractivity contribution in [1.82, 2.24) is 29.4 Å². The van der Waals surface area contributed by atoms with Gasteiger partial charge in [0.25, 0.3) is 11.8 Å². The van der Waals surface area contributed by atoms with Gasteiger partial charge in [0.1, 0.15) is 5.69 Å². The number of aromatic nitrogens is 4. The molecular formula is C21H28N6O2. The monoisotopic (exact) mass is 396 g/mol. The van der Waals surface area contributed by atoms with Crippen LogP contribution in [0.3, 0.4) is 0 Å². The van der Waals surface area contributed by atoms with Crippen LogP contribution in [0, 0.1) is 5.92 Å². The van der Waals surface area contributed by atoms with Gasteiger partial charge in [-0.1, -0.05) is 6.42 Å². The van der Waals surface area contributed by atoms with E-state index in [2.05, 4.69) is 5.10 Å². The normalized spacial score (nSPS) is 21.4. The van der Waals surface area contributed by atoms with Crippen molar-refractivity contribution in [2.75, 3.05) is 26.7 Å². The second-order valence-electron chi connectivity index (χ2n) is 8.98. The highest BCUT2D eigenvalue weighted by Gasteiger charge is 2.47. The van der Waals surface area contributed by atoms with Gasteiger partial charge in [-0.2, -0.15) is 10.2 Å². The van der Waals surface area contributed by atoms with Crippen molar-refractivity contribution in [2.24, 2.45) is 13.0 Å². The molecule has 2 fully saturated rings.